The summed E-state index contributed by atoms with van der Waals surface area (Å²) in [4.78, 5) is 13.7. The fraction of sp³-hybridized carbons (Fsp3) is 0.909. The van der Waals surface area contributed by atoms with Crippen molar-refractivity contribution in [3.63, 3.8) is 0 Å². The number of urea groups is 1. The molecule has 1 N–H and O–H groups in total. The number of hydrogen-bond acceptors (Lipinski definition) is 2. The quantitative estimate of drug-likeness (QED) is 0.713. The Bertz CT molecular complexity index is 207. The number of amides is 2. The van der Waals surface area contributed by atoms with Gasteiger partial charge in [0.1, 0.15) is 0 Å². The highest BCUT2D eigenvalue weighted by Gasteiger charge is 2.21. The van der Waals surface area contributed by atoms with E-state index in [9.17, 15) is 4.79 Å². The molecule has 0 spiro atoms. The van der Waals surface area contributed by atoms with Gasteiger partial charge in [0, 0.05) is 25.7 Å². The standard InChI is InChI=1S/C11H20N2O2/c14-11(12-10-4-1-2-5-10)13-6-3-8-15-9-7-13/h10H,1-9H2,(H,12,14). The molecule has 15 heavy (non-hydrogen) atoms. The predicted molar refractivity (Wildman–Crippen MR) is 57.8 cm³/mol. The van der Waals surface area contributed by atoms with Gasteiger partial charge in [-0.05, 0) is 19.3 Å². The van der Waals surface area contributed by atoms with Crippen molar-refractivity contribution in [2.75, 3.05) is 26.3 Å². The molecule has 0 atom stereocenters. The van der Waals surface area contributed by atoms with E-state index >= 15 is 0 Å². The van der Waals surface area contributed by atoms with Crippen molar-refractivity contribution < 1.29 is 9.53 Å². The van der Waals surface area contributed by atoms with E-state index in [4.69, 9.17) is 4.74 Å². The predicted octanol–water partition coefficient (Wildman–Crippen LogP) is 1.36. The van der Waals surface area contributed by atoms with Crippen LogP contribution in [0.1, 0.15) is 32.1 Å². The molecule has 0 bridgehead atoms. The Balaban J connectivity index is 1.77. The van der Waals surface area contributed by atoms with Gasteiger partial charge in [0.05, 0.1) is 6.61 Å². The van der Waals surface area contributed by atoms with Crippen LogP contribution < -0.4 is 5.32 Å². The van der Waals surface area contributed by atoms with Gasteiger partial charge in [0.15, 0.2) is 0 Å². The normalized spacial score (nSPS) is 23.9. The third-order valence-corrected chi connectivity index (χ3v) is 3.19. The van der Waals surface area contributed by atoms with Gasteiger partial charge in [-0.25, -0.2) is 4.79 Å². The molecular weight excluding hydrogens is 192 g/mol. The van der Waals surface area contributed by atoms with Gasteiger partial charge < -0.3 is 15.0 Å². The van der Waals surface area contributed by atoms with Gasteiger partial charge in [-0.1, -0.05) is 12.8 Å². The summed E-state index contributed by atoms with van der Waals surface area (Å²) in [6.45, 7) is 3.03. The summed E-state index contributed by atoms with van der Waals surface area (Å²) in [6.07, 6.45) is 5.77. The van der Waals surface area contributed by atoms with Crippen LogP contribution in [0.4, 0.5) is 4.79 Å². The monoisotopic (exact) mass is 212 g/mol. The number of carbonyl (C=O) groups excluding carboxylic acids is 1. The summed E-state index contributed by atoms with van der Waals surface area (Å²) in [5, 5.41) is 3.11. The average Bonchev–Trinajstić information content (AvgIpc) is 2.58. The van der Waals surface area contributed by atoms with Crippen LogP contribution in [0, 0.1) is 0 Å². The van der Waals surface area contributed by atoms with Crippen LogP contribution in [0.3, 0.4) is 0 Å². The summed E-state index contributed by atoms with van der Waals surface area (Å²) in [5.74, 6) is 0. The zero-order valence-corrected chi connectivity index (χ0v) is 9.21. The molecule has 2 amide bonds. The minimum atomic E-state index is 0.104. The summed E-state index contributed by atoms with van der Waals surface area (Å²) in [6, 6.07) is 0.522. The Morgan fingerprint density at radius 1 is 1.13 bits per heavy atom. The molecule has 1 aliphatic carbocycles. The first kappa shape index (κ1) is 10.7. The van der Waals surface area contributed by atoms with E-state index < -0.39 is 0 Å². The number of carbonyl (C=O) groups is 1. The molecule has 4 heteroatoms. The van der Waals surface area contributed by atoms with Gasteiger partial charge >= 0.3 is 6.03 Å². The van der Waals surface area contributed by atoms with Gasteiger partial charge in [0.2, 0.25) is 0 Å². The van der Waals surface area contributed by atoms with E-state index in [-0.39, 0.29) is 6.03 Å². The first-order valence-electron chi connectivity index (χ1n) is 5.99. The van der Waals surface area contributed by atoms with Gasteiger partial charge in [-0.3, -0.25) is 0 Å². The number of nitrogens with one attached hydrogen (secondary N) is 1. The first-order chi connectivity index (χ1) is 7.36. The molecule has 0 unspecified atom stereocenters. The van der Waals surface area contributed by atoms with Crippen LogP contribution in [0.25, 0.3) is 0 Å². The molecule has 0 aromatic rings. The molecule has 0 aromatic carbocycles. The van der Waals surface area contributed by atoms with E-state index in [0.29, 0.717) is 12.6 Å². The Kier molecular flexibility index (Phi) is 3.83. The van der Waals surface area contributed by atoms with Crippen molar-refractivity contribution in [2.45, 2.75) is 38.1 Å². The highest BCUT2D eigenvalue weighted by molar-refractivity contribution is 5.74. The van der Waals surface area contributed by atoms with Crippen LogP contribution in [-0.4, -0.2) is 43.3 Å². The number of hydrogen-bond donors (Lipinski definition) is 1. The molecule has 0 aromatic heterocycles. The van der Waals surface area contributed by atoms with E-state index in [2.05, 4.69) is 5.32 Å². The third kappa shape index (κ3) is 3.09. The zero-order chi connectivity index (χ0) is 10.5. The van der Waals surface area contributed by atoms with Crippen molar-refractivity contribution in [3.8, 4) is 0 Å². The topological polar surface area (TPSA) is 41.6 Å². The minimum absolute atomic E-state index is 0.104. The summed E-state index contributed by atoms with van der Waals surface area (Å²) in [7, 11) is 0. The zero-order valence-electron chi connectivity index (χ0n) is 9.21. The number of nitrogens with zero attached hydrogens (tertiary/aromatic N) is 1. The minimum Gasteiger partial charge on any atom is -0.380 e. The lowest BCUT2D eigenvalue weighted by molar-refractivity contribution is 0.142. The second-order valence-electron chi connectivity index (χ2n) is 4.38. The second kappa shape index (κ2) is 5.35. The summed E-state index contributed by atoms with van der Waals surface area (Å²) < 4.78 is 5.32. The number of ether oxygens (including phenoxy) is 1. The Labute approximate surface area is 91.0 Å². The molecule has 2 rings (SSSR count). The van der Waals surface area contributed by atoms with Crippen molar-refractivity contribution in [3.05, 3.63) is 0 Å². The summed E-state index contributed by atoms with van der Waals surface area (Å²) >= 11 is 0. The smallest absolute Gasteiger partial charge is 0.317 e. The van der Waals surface area contributed by atoms with Crippen LogP contribution in [-0.2, 0) is 4.74 Å². The van der Waals surface area contributed by atoms with Gasteiger partial charge in [-0.2, -0.15) is 0 Å². The first-order valence-corrected chi connectivity index (χ1v) is 5.99. The third-order valence-electron chi connectivity index (χ3n) is 3.19. The highest BCUT2D eigenvalue weighted by Crippen LogP contribution is 2.17. The lowest BCUT2D eigenvalue weighted by Gasteiger charge is -2.22. The maximum Gasteiger partial charge on any atom is 0.317 e. The Hall–Kier alpha value is -0.770. The molecule has 2 aliphatic rings. The van der Waals surface area contributed by atoms with E-state index in [1.807, 2.05) is 4.90 Å². The fourth-order valence-electron chi connectivity index (χ4n) is 2.29. The molecule has 86 valence electrons. The Morgan fingerprint density at radius 2 is 1.93 bits per heavy atom. The van der Waals surface area contributed by atoms with Crippen molar-refractivity contribution in [2.24, 2.45) is 0 Å². The molecule has 1 saturated carbocycles. The molecule has 1 heterocycles. The lowest BCUT2D eigenvalue weighted by Crippen LogP contribution is -2.44. The second-order valence-corrected chi connectivity index (χ2v) is 4.38. The van der Waals surface area contributed by atoms with Gasteiger partial charge in [-0.15, -0.1) is 0 Å². The fourth-order valence-corrected chi connectivity index (χ4v) is 2.29. The maximum absolute atomic E-state index is 11.9. The van der Waals surface area contributed by atoms with Crippen LogP contribution in [0.5, 0.6) is 0 Å². The molecule has 1 saturated heterocycles. The lowest BCUT2D eigenvalue weighted by atomic mass is 10.2. The van der Waals surface area contributed by atoms with Crippen LogP contribution >= 0.6 is 0 Å². The van der Waals surface area contributed by atoms with E-state index in [1.54, 1.807) is 0 Å². The van der Waals surface area contributed by atoms with Crippen LogP contribution in [0.2, 0.25) is 0 Å². The average molecular weight is 212 g/mol. The molecule has 1 aliphatic heterocycles. The highest BCUT2D eigenvalue weighted by atomic mass is 16.5. The van der Waals surface area contributed by atoms with Crippen molar-refractivity contribution in [1.82, 2.24) is 10.2 Å². The van der Waals surface area contributed by atoms with E-state index in [1.165, 1.54) is 12.8 Å². The summed E-state index contributed by atoms with van der Waals surface area (Å²) in [5.41, 5.74) is 0. The van der Waals surface area contributed by atoms with Crippen molar-refractivity contribution >= 4 is 6.03 Å². The maximum atomic E-state index is 11.9. The Morgan fingerprint density at radius 3 is 2.73 bits per heavy atom. The largest absolute Gasteiger partial charge is 0.380 e. The van der Waals surface area contributed by atoms with Crippen molar-refractivity contribution in [1.29, 1.82) is 0 Å². The SMILES string of the molecule is O=C(NC1CCCC1)N1CCCOCC1. The molecule has 2 fully saturated rings. The molecule has 4 nitrogen and oxygen atoms in total. The van der Waals surface area contributed by atoms with E-state index in [0.717, 1.165) is 39.0 Å². The molecular formula is C11H20N2O2. The van der Waals surface area contributed by atoms with Gasteiger partial charge in [0.25, 0.3) is 0 Å². The van der Waals surface area contributed by atoms with Crippen LogP contribution in [0.15, 0.2) is 0 Å². The molecule has 0 radical (unpaired) electrons. The number of rotatable bonds is 1.